The maximum Gasteiger partial charge on any atom is 0.225 e. The van der Waals surface area contributed by atoms with Crippen molar-refractivity contribution in [2.45, 2.75) is 6.42 Å². The lowest BCUT2D eigenvalue weighted by Crippen LogP contribution is -2.45. The molecule has 1 saturated heterocycles. The van der Waals surface area contributed by atoms with Crippen molar-refractivity contribution < 1.29 is 19.0 Å². The lowest BCUT2D eigenvalue weighted by molar-refractivity contribution is -0.116. The van der Waals surface area contributed by atoms with Gasteiger partial charge in [0.15, 0.2) is 11.5 Å². The van der Waals surface area contributed by atoms with Gasteiger partial charge in [-0.3, -0.25) is 9.78 Å². The normalized spacial score (nSPS) is 14.8. The smallest absolute Gasteiger partial charge is 0.225 e. The van der Waals surface area contributed by atoms with Crippen LogP contribution in [0, 0.1) is 0 Å². The number of benzene rings is 2. The van der Waals surface area contributed by atoms with Crippen molar-refractivity contribution in [3.63, 3.8) is 0 Å². The maximum absolute atomic E-state index is 12.3. The van der Waals surface area contributed by atoms with Gasteiger partial charge in [-0.1, -0.05) is 0 Å². The Hall–Kier alpha value is -3.36. The first kappa shape index (κ1) is 22.8. The standard InChI is InChI=1S/C25H30N4O4/c1-28-12-14-29(15-13-28)11-9-25(30)27-18-4-6-19(7-5-18)33-22-8-10-26-21-17-24(32-3)23(31-2)16-20(21)22/h4-8,10,16-17H,9,11-15H2,1-3H3,(H,27,30). The monoisotopic (exact) mass is 450 g/mol. The van der Waals surface area contributed by atoms with Crippen molar-refractivity contribution in [1.82, 2.24) is 14.8 Å². The van der Waals surface area contributed by atoms with Gasteiger partial charge in [-0.15, -0.1) is 0 Å². The summed E-state index contributed by atoms with van der Waals surface area (Å²) in [6.45, 7) is 4.91. The number of methoxy groups -OCH3 is 2. The van der Waals surface area contributed by atoms with E-state index in [0.717, 1.165) is 49.3 Å². The Kier molecular flexibility index (Phi) is 7.26. The lowest BCUT2D eigenvalue weighted by Gasteiger charge is -2.32. The van der Waals surface area contributed by atoms with Crippen LogP contribution in [0.1, 0.15) is 6.42 Å². The van der Waals surface area contributed by atoms with Gasteiger partial charge < -0.3 is 29.3 Å². The Labute approximate surface area is 194 Å². The summed E-state index contributed by atoms with van der Waals surface area (Å²) in [4.78, 5) is 21.4. The number of carbonyl (C=O) groups is 1. The highest BCUT2D eigenvalue weighted by Gasteiger charge is 2.15. The minimum Gasteiger partial charge on any atom is -0.493 e. The van der Waals surface area contributed by atoms with Gasteiger partial charge >= 0.3 is 0 Å². The number of hydrogen-bond acceptors (Lipinski definition) is 7. The van der Waals surface area contributed by atoms with Gasteiger partial charge in [0.2, 0.25) is 5.91 Å². The Morgan fingerprint density at radius 2 is 1.67 bits per heavy atom. The largest absolute Gasteiger partial charge is 0.493 e. The summed E-state index contributed by atoms with van der Waals surface area (Å²) in [7, 11) is 5.32. The number of anilines is 1. The van der Waals surface area contributed by atoms with Gasteiger partial charge in [0.25, 0.3) is 0 Å². The van der Waals surface area contributed by atoms with Crippen LogP contribution >= 0.6 is 0 Å². The minimum atomic E-state index is 0.0174. The molecule has 1 aliphatic heterocycles. The zero-order valence-electron chi connectivity index (χ0n) is 19.3. The number of pyridine rings is 1. The first-order valence-corrected chi connectivity index (χ1v) is 11.0. The predicted octanol–water partition coefficient (Wildman–Crippen LogP) is 3.62. The van der Waals surface area contributed by atoms with Crippen molar-refractivity contribution in [2.24, 2.45) is 0 Å². The van der Waals surface area contributed by atoms with Crippen LogP contribution in [-0.4, -0.2) is 74.7 Å². The van der Waals surface area contributed by atoms with E-state index in [1.807, 2.05) is 42.5 Å². The number of likely N-dealkylation sites (N-methyl/N-ethyl adjacent to an activating group) is 1. The molecule has 8 nitrogen and oxygen atoms in total. The molecule has 0 spiro atoms. The molecular formula is C25H30N4O4. The number of nitrogens with zero attached hydrogens (tertiary/aromatic N) is 3. The predicted molar refractivity (Wildman–Crippen MR) is 129 cm³/mol. The van der Waals surface area contributed by atoms with E-state index >= 15 is 0 Å². The number of ether oxygens (including phenoxy) is 3. The summed E-state index contributed by atoms with van der Waals surface area (Å²) < 4.78 is 16.9. The molecule has 0 radical (unpaired) electrons. The Bertz CT molecular complexity index is 1100. The van der Waals surface area contributed by atoms with E-state index in [1.165, 1.54) is 0 Å². The number of carbonyl (C=O) groups excluding carboxylic acids is 1. The Morgan fingerprint density at radius 1 is 0.970 bits per heavy atom. The Morgan fingerprint density at radius 3 is 2.36 bits per heavy atom. The number of rotatable bonds is 8. The molecule has 1 N–H and O–H groups in total. The first-order chi connectivity index (χ1) is 16.1. The average molecular weight is 451 g/mol. The molecule has 2 aromatic carbocycles. The average Bonchev–Trinajstić information content (AvgIpc) is 2.84. The fourth-order valence-electron chi connectivity index (χ4n) is 3.82. The fraction of sp³-hybridized carbons (Fsp3) is 0.360. The van der Waals surface area contributed by atoms with Crippen molar-refractivity contribution in [3.8, 4) is 23.0 Å². The van der Waals surface area contributed by atoms with Crippen LogP contribution in [0.5, 0.6) is 23.0 Å². The third-order valence-electron chi connectivity index (χ3n) is 5.82. The molecule has 2 heterocycles. The van der Waals surface area contributed by atoms with Crippen LogP contribution in [0.3, 0.4) is 0 Å². The van der Waals surface area contributed by atoms with Crippen LogP contribution in [0.4, 0.5) is 5.69 Å². The van der Waals surface area contributed by atoms with Crippen LogP contribution in [-0.2, 0) is 4.79 Å². The topological polar surface area (TPSA) is 76.2 Å². The molecule has 0 saturated carbocycles. The fourth-order valence-corrected chi connectivity index (χ4v) is 3.82. The number of hydrogen-bond donors (Lipinski definition) is 1. The highest BCUT2D eigenvalue weighted by atomic mass is 16.5. The van der Waals surface area contributed by atoms with Gasteiger partial charge in [-0.2, -0.15) is 0 Å². The molecule has 3 aromatic rings. The second-order valence-corrected chi connectivity index (χ2v) is 8.10. The second-order valence-electron chi connectivity index (χ2n) is 8.10. The van der Waals surface area contributed by atoms with E-state index < -0.39 is 0 Å². The van der Waals surface area contributed by atoms with Crippen LogP contribution < -0.4 is 19.5 Å². The zero-order chi connectivity index (χ0) is 23.2. The summed E-state index contributed by atoms with van der Waals surface area (Å²) >= 11 is 0. The third-order valence-corrected chi connectivity index (χ3v) is 5.82. The van der Waals surface area contributed by atoms with Gasteiger partial charge in [0.1, 0.15) is 11.5 Å². The zero-order valence-corrected chi connectivity index (χ0v) is 19.3. The highest BCUT2D eigenvalue weighted by molar-refractivity contribution is 5.91. The quantitative estimate of drug-likeness (QED) is 0.562. The molecule has 1 aliphatic rings. The summed E-state index contributed by atoms with van der Waals surface area (Å²) in [5.74, 6) is 2.56. The van der Waals surface area contributed by atoms with Crippen LogP contribution in [0.2, 0.25) is 0 Å². The van der Waals surface area contributed by atoms with Crippen molar-refractivity contribution >= 4 is 22.5 Å². The van der Waals surface area contributed by atoms with Gasteiger partial charge in [0.05, 0.1) is 19.7 Å². The highest BCUT2D eigenvalue weighted by Crippen LogP contribution is 2.36. The summed E-state index contributed by atoms with van der Waals surface area (Å²) in [5.41, 5.74) is 1.49. The Balaban J connectivity index is 1.37. The van der Waals surface area contributed by atoms with E-state index in [9.17, 15) is 4.79 Å². The van der Waals surface area contributed by atoms with Gasteiger partial charge in [0, 0.05) is 62.5 Å². The number of nitrogens with one attached hydrogen (secondary N) is 1. The van der Waals surface area contributed by atoms with Crippen LogP contribution in [0.25, 0.3) is 10.9 Å². The molecule has 0 bridgehead atoms. The van der Waals surface area contributed by atoms with Crippen molar-refractivity contribution in [3.05, 3.63) is 48.7 Å². The van der Waals surface area contributed by atoms with E-state index in [2.05, 4.69) is 27.1 Å². The summed E-state index contributed by atoms with van der Waals surface area (Å²) in [6, 6.07) is 12.8. The molecule has 1 amide bonds. The third kappa shape index (κ3) is 5.71. The lowest BCUT2D eigenvalue weighted by atomic mass is 10.2. The molecule has 1 fully saturated rings. The molecule has 174 valence electrons. The molecule has 0 aliphatic carbocycles. The number of fused-ring (bicyclic) bond motifs is 1. The summed E-state index contributed by atoms with van der Waals surface area (Å²) in [6.07, 6.45) is 2.18. The summed E-state index contributed by atoms with van der Waals surface area (Å²) in [5, 5.41) is 3.78. The van der Waals surface area contributed by atoms with Crippen LogP contribution in [0.15, 0.2) is 48.7 Å². The molecule has 4 rings (SSSR count). The SMILES string of the molecule is COc1cc2nccc(Oc3ccc(NC(=O)CCN4CCN(C)CC4)cc3)c2cc1OC. The number of piperazine rings is 1. The molecule has 33 heavy (non-hydrogen) atoms. The molecule has 0 atom stereocenters. The number of aromatic nitrogens is 1. The van der Waals surface area contributed by atoms with E-state index in [4.69, 9.17) is 14.2 Å². The van der Waals surface area contributed by atoms with E-state index in [0.29, 0.717) is 29.4 Å². The van der Waals surface area contributed by atoms with E-state index in [1.54, 1.807) is 20.4 Å². The molecular weight excluding hydrogens is 420 g/mol. The van der Waals surface area contributed by atoms with Gasteiger partial charge in [-0.05, 0) is 43.4 Å². The van der Waals surface area contributed by atoms with Gasteiger partial charge in [-0.25, -0.2) is 0 Å². The minimum absolute atomic E-state index is 0.0174. The van der Waals surface area contributed by atoms with Crippen molar-refractivity contribution in [1.29, 1.82) is 0 Å². The van der Waals surface area contributed by atoms with Crippen molar-refractivity contribution in [2.75, 3.05) is 59.3 Å². The van der Waals surface area contributed by atoms with E-state index in [-0.39, 0.29) is 5.91 Å². The maximum atomic E-state index is 12.3. The second kappa shape index (κ2) is 10.5. The molecule has 0 unspecified atom stereocenters. The molecule has 1 aromatic heterocycles. The number of amides is 1. The molecule has 8 heteroatoms. The first-order valence-electron chi connectivity index (χ1n) is 11.0.